The van der Waals surface area contributed by atoms with Crippen molar-refractivity contribution in [2.24, 2.45) is 0 Å². The number of rotatable bonds is 9. The number of hydrogen-bond donors (Lipinski definition) is 2. The molecule has 1 aromatic heterocycles. The number of ketones is 1. The molecule has 1 fully saturated rings. The molecule has 9 heteroatoms. The van der Waals surface area contributed by atoms with E-state index in [1.165, 1.54) is 21.0 Å². The molecule has 1 aliphatic heterocycles. The van der Waals surface area contributed by atoms with Crippen molar-refractivity contribution in [2.45, 2.75) is 32.0 Å². The monoisotopic (exact) mass is 481 g/mol. The summed E-state index contributed by atoms with van der Waals surface area (Å²) in [6.07, 6.45) is 1.92. The minimum Gasteiger partial charge on any atom is -0.467 e. The Labute approximate surface area is 205 Å². The molecule has 0 aliphatic carbocycles. The summed E-state index contributed by atoms with van der Waals surface area (Å²) in [6.45, 7) is 5.66. The van der Waals surface area contributed by atoms with E-state index in [0.717, 1.165) is 35.9 Å². The number of benzene rings is 1. The van der Waals surface area contributed by atoms with Crippen LogP contribution in [0.5, 0.6) is 0 Å². The van der Waals surface area contributed by atoms with Gasteiger partial charge in [-0.1, -0.05) is 11.8 Å². The summed E-state index contributed by atoms with van der Waals surface area (Å²) in [5.41, 5.74) is -0.109. The molecule has 35 heavy (non-hydrogen) atoms. The normalized spacial score (nSPS) is 15.3. The Morgan fingerprint density at radius 3 is 2.49 bits per heavy atom. The lowest BCUT2D eigenvalue weighted by Gasteiger charge is -2.38. The molecule has 9 nitrogen and oxygen atoms in total. The van der Waals surface area contributed by atoms with Crippen LogP contribution in [0, 0.1) is 11.8 Å². The van der Waals surface area contributed by atoms with Crippen molar-refractivity contribution in [3.63, 3.8) is 0 Å². The molecule has 186 valence electrons. The third-order valence-electron chi connectivity index (χ3n) is 6.17. The van der Waals surface area contributed by atoms with Gasteiger partial charge >= 0.3 is 0 Å². The van der Waals surface area contributed by atoms with Gasteiger partial charge in [-0.25, -0.2) is 0 Å². The number of ether oxygens (including phenoxy) is 1. The molecule has 2 aromatic rings. The van der Waals surface area contributed by atoms with Gasteiger partial charge in [0.15, 0.2) is 11.3 Å². The molecular weight excluding hydrogens is 450 g/mol. The summed E-state index contributed by atoms with van der Waals surface area (Å²) in [5, 5.41) is 11.7. The van der Waals surface area contributed by atoms with Crippen molar-refractivity contribution >= 4 is 17.6 Å². The number of nitrogens with zero attached hydrogens (tertiary/aromatic N) is 2. The second-order valence-corrected chi connectivity index (χ2v) is 8.50. The number of likely N-dealkylation sites (N-methyl/N-ethyl adjacent to an activating group) is 2. The second kappa shape index (κ2) is 11.3. The highest BCUT2D eigenvalue weighted by molar-refractivity contribution is 6.14. The number of likely N-dealkylation sites (tertiary alicyclic amines) is 1. The molecule has 1 saturated heterocycles. The van der Waals surface area contributed by atoms with Crippen LogP contribution in [-0.2, 0) is 20.9 Å². The molecule has 1 aliphatic rings. The van der Waals surface area contributed by atoms with Gasteiger partial charge in [0.25, 0.3) is 11.8 Å². The van der Waals surface area contributed by atoms with Crippen LogP contribution in [0.1, 0.15) is 41.1 Å². The quantitative estimate of drug-likeness (QED) is 0.407. The predicted octanol–water partition coefficient (Wildman–Crippen LogP) is 1.04. The van der Waals surface area contributed by atoms with Gasteiger partial charge in [0, 0.05) is 44.9 Å². The number of carbonyl (C=O) groups is 3. The SMILES string of the molecule is CCOC1CN(Cc2cc(C#Cc3ccc(C(=O)N(C)[C@](C)(C(=O)CO)C(=O)NC)cc3)co2)C1. The standard InChI is InChI=1S/C26H31N3O6/c1-5-34-22-14-29(15-22)13-21-12-19(17-35-21)7-6-18-8-10-20(11-9-18)24(32)28(4)26(2,23(31)16-30)25(33)27-3/h8-12,17,22,30H,5,13-16H2,1-4H3,(H,27,33)/t26-/m1/s1. The first kappa shape index (κ1) is 26.2. The van der Waals surface area contributed by atoms with E-state index in [2.05, 4.69) is 22.1 Å². The van der Waals surface area contributed by atoms with E-state index in [9.17, 15) is 19.5 Å². The molecule has 2 heterocycles. The third kappa shape index (κ3) is 5.80. The number of aliphatic hydroxyl groups is 1. The van der Waals surface area contributed by atoms with E-state index in [0.29, 0.717) is 18.2 Å². The van der Waals surface area contributed by atoms with Crippen molar-refractivity contribution in [3.05, 3.63) is 59.0 Å². The fourth-order valence-corrected chi connectivity index (χ4v) is 3.84. The van der Waals surface area contributed by atoms with Crippen LogP contribution in [0.4, 0.5) is 0 Å². The van der Waals surface area contributed by atoms with Crippen LogP contribution in [0.3, 0.4) is 0 Å². The maximum atomic E-state index is 13.0. The minimum absolute atomic E-state index is 0.282. The lowest BCUT2D eigenvalue weighted by atomic mass is 9.92. The minimum atomic E-state index is -1.84. The Bertz CT molecular complexity index is 1110. The molecule has 0 bridgehead atoms. The van der Waals surface area contributed by atoms with Gasteiger partial charge in [0.05, 0.1) is 18.2 Å². The zero-order valence-corrected chi connectivity index (χ0v) is 20.5. The lowest BCUT2D eigenvalue weighted by Crippen LogP contribution is -2.62. The zero-order chi connectivity index (χ0) is 25.6. The average molecular weight is 482 g/mol. The summed E-state index contributed by atoms with van der Waals surface area (Å²) in [6, 6.07) is 8.44. The number of Topliss-reactive ketones (excluding diaryl/α,β-unsaturated/α-hetero) is 1. The molecule has 1 atom stereocenters. The van der Waals surface area contributed by atoms with E-state index < -0.39 is 29.7 Å². The van der Waals surface area contributed by atoms with Gasteiger partial charge in [-0.15, -0.1) is 0 Å². The highest BCUT2D eigenvalue weighted by atomic mass is 16.5. The second-order valence-electron chi connectivity index (χ2n) is 8.50. The van der Waals surface area contributed by atoms with Gasteiger partial charge in [-0.3, -0.25) is 19.3 Å². The largest absolute Gasteiger partial charge is 0.467 e. The molecule has 0 saturated carbocycles. The smallest absolute Gasteiger partial charge is 0.254 e. The van der Waals surface area contributed by atoms with Crippen LogP contribution in [0.25, 0.3) is 0 Å². The van der Waals surface area contributed by atoms with E-state index in [-0.39, 0.29) is 5.56 Å². The fourth-order valence-electron chi connectivity index (χ4n) is 3.84. The summed E-state index contributed by atoms with van der Waals surface area (Å²) in [5.74, 6) is 4.94. The van der Waals surface area contributed by atoms with Crippen LogP contribution in [0.15, 0.2) is 41.0 Å². The number of amides is 2. The first-order valence-corrected chi connectivity index (χ1v) is 11.4. The molecule has 2 N–H and O–H groups in total. The molecule has 1 aromatic carbocycles. The predicted molar refractivity (Wildman–Crippen MR) is 128 cm³/mol. The summed E-state index contributed by atoms with van der Waals surface area (Å²) in [7, 11) is 2.72. The number of aliphatic hydroxyl groups excluding tert-OH is 1. The highest BCUT2D eigenvalue weighted by Gasteiger charge is 2.46. The van der Waals surface area contributed by atoms with E-state index in [4.69, 9.17) is 9.15 Å². The Morgan fingerprint density at radius 2 is 1.89 bits per heavy atom. The molecule has 0 unspecified atom stereocenters. The van der Waals surface area contributed by atoms with E-state index in [1.807, 2.05) is 13.0 Å². The van der Waals surface area contributed by atoms with Gasteiger partial charge in [-0.2, -0.15) is 0 Å². The zero-order valence-electron chi connectivity index (χ0n) is 20.5. The Hall–Kier alpha value is -3.45. The molecule has 0 spiro atoms. The number of carbonyl (C=O) groups excluding carboxylic acids is 3. The molecular formula is C26H31N3O6. The Balaban J connectivity index is 1.64. The average Bonchev–Trinajstić information content (AvgIpc) is 3.31. The molecule has 3 rings (SSSR count). The van der Waals surface area contributed by atoms with Crippen LogP contribution in [0.2, 0.25) is 0 Å². The van der Waals surface area contributed by atoms with E-state index in [1.54, 1.807) is 30.5 Å². The van der Waals surface area contributed by atoms with Crippen molar-refractivity contribution in [1.82, 2.24) is 15.1 Å². The third-order valence-corrected chi connectivity index (χ3v) is 6.17. The number of nitrogens with one attached hydrogen (secondary N) is 1. The number of hydrogen-bond acceptors (Lipinski definition) is 7. The first-order chi connectivity index (χ1) is 16.7. The van der Waals surface area contributed by atoms with Crippen molar-refractivity contribution in [2.75, 3.05) is 40.4 Å². The van der Waals surface area contributed by atoms with Crippen molar-refractivity contribution in [3.8, 4) is 11.8 Å². The molecule has 2 amide bonds. The lowest BCUT2D eigenvalue weighted by molar-refractivity contribution is -0.143. The van der Waals surface area contributed by atoms with Crippen LogP contribution < -0.4 is 5.32 Å². The van der Waals surface area contributed by atoms with Gasteiger partial charge in [0.2, 0.25) is 0 Å². The Morgan fingerprint density at radius 1 is 1.23 bits per heavy atom. The molecule has 0 radical (unpaired) electrons. The van der Waals surface area contributed by atoms with Crippen LogP contribution in [-0.4, -0.2) is 84.5 Å². The summed E-state index contributed by atoms with van der Waals surface area (Å²) >= 11 is 0. The van der Waals surface area contributed by atoms with Crippen molar-refractivity contribution < 1.29 is 28.6 Å². The van der Waals surface area contributed by atoms with Crippen LogP contribution >= 0.6 is 0 Å². The number of furan rings is 1. The summed E-state index contributed by atoms with van der Waals surface area (Å²) < 4.78 is 11.2. The van der Waals surface area contributed by atoms with Crippen molar-refractivity contribution in [1.29, 1.82) is 0 Å². The van der Waals surface area contributed by atoms with Gasteiger partial charge in [-0.05, 0) is 44.2 Å². The maximum Gasteiger partial charge on any atom is 0.254 e. The highest BCUT2D eigenvalue weighted by Crippen LogP contribution is 2.20. The fraction of sp³-hybridized carbons (Fsp3) is 0.423. The summed E-state index contributed by atoms with van der Waals surface area (Å²) in [4.78, 5) is 40.8. The van der Waals surface area contributed by atoms with Gasteiger partial charge < -0.3 is 24.5 Å². The first-order valence-electron chi connectivity index (χ1n) is 11.4. The Kier molecular flexibility index (Phi) is 8.46. The maximum absolute atomic E-state index is 13.0. The van der Waals surface area contributed by atoms with Gasteiger partial charge in [0.1, 0.15) is 18.6 Å². The van der Waals surface area contributed by atoms with E-state index >= 15 is 0 Å². The topological polar surface area (TPSA) is 112 Å².